The Morgan fingerprint density at radius 3 is 2.54 bits per heavy atom. The molecule has 1 amide bonds. The number of aryl methyl sites for hydroxylation is 1. The highest BCUT2D eigenvalue weighted by Crippen LogP contribution is 2.25. The number of carbonyl (C=O) groups is 1. The summed E-state index contributed by atoms with van der Waals surface area (Å²) in [5, 5.41) is 13.8. The van der Waals surface area contributed by atoms with E-state index in [2.05, 4.69) is 27.0 Å². The maximum absolute atomic E-state index is 12.8. The number of nitriles is 1. The van der Waals surface area contributed by atoms with Gasteiger partial charge in [-0.2, -0.15) is 5.26 Å². The lowest BCUT2D eigenvalue weighted by atomic mass is 10.1. The second-order valence-electron chi connectivity index (χ2n) is 9.47. The molecule has 2 N–H and O–H groups in total. The molecule has 0 aliphatic heterocycles. The van der Waals surface area contributed by atoms with Crippen LogP contribution in [0.2, 0.25) is 0 Å². The van der Waals surface area contributed by atoms with Gasteiger partial charge >= 0.3 is 0 Å². The summed E-state index contributed by atoms with van der Waals surface area (Å²) < 4.78 is 8.03. The number of carbonyl (C=O) groups excluding carboxylic acids is 1. The fourth-order valence-electron chi connectivity index (χ4n) is 4.81. The molecule has 0 radical (unpaired) electrons. The summed E-state index contributed by atoms with van der Waals surface area (Å²) in [4.78, 5) is 16.1. The zero-order chi connectivity index (χ0) is 27.2. The number of benzene rings is 3. The number of para-hydroxylation sites is 1. The number of amides is 1. The lowest BCUT2D eigenvalue weighted by Crippen LogP contribution is -2.26. The van der Waals surface area contributed by atoms with Gasteiger partial charge in [0.2, 0.25) is 0 Å². The summed E-state index contributed by atoms with van der Waals surface area (Å²) in [7, 11) is 0. The Morgan fingerprint density at radius 2 is 1.77 bits per heavy atom. The third kappa shape index (κ3) is 5.78. The Hall–Kier alpha value is -5.02. The first-order valence-corrected chi connectivity index (χ1v) is 12.9. The van der Waals surface area contributed by atoms with Crippen molar-refractivity contribution in [1.82, 2.24) is 14.9 Å². The number of rotatable bonds is 9. The van der Waals surface area contributed by atoms with Gasteiger partial charge in [-0.05, 0) is 79.4 Å². The second-order valence-corrected chi connectivity index (χ2v) is 9.47. The number of hydrogen-bond donors (Lipinski definition) is 2. The zero-order valence-electron chi connectivity index (χ0n) is 22.1. The first-order chi connectivity index (χ1) is 19.0. The van der Waals surface area contributed by atoms with E-state index in [4.69, 9.17) is 4.74 Å². The molecule has 0 saturated heterocycles. The van der Waals surface area contributed by atoms with Crippen LogP contribution in [0.3, 0.4) is 0 Å². The maximum atomic E-state index is 12.8. The molecule has 0 aliphatic rings. The maximum Gasteiger partial charge on any atom is 0.261 e. The summed E-state index contributed by atoms with van der Waals surface area (Å²) in [6.45, 7) is 4.95. The molecule has 39 heavy (non-hydrogen) atoms. The molecular formula is C33H30N4O2. The van der Waals surface area contributed by atoms with Crippen LogP contribution in [0.15, 0.2) is 96.7 Å². The fraction of sp³-hybridized carbons (Fsp3) is 0.152. The molecule has 5 rings (SSSR count). The minimum atomic E-state index is -0.373. The Balaban J connectivity index is 1.25. The van der Waals surface area contributed by atoms with Gasteiger partial charge < -0.3 is 19.6 Å². The average Bonchev–Trinajstić information content (AvgIpc) is 3.50. The van der Waals surface area contributed by atoms with Crippen molar-refractivity contribution >= 4 is 22.9 Å². The van der Waals surface area contributed by atoms with E-state index in [9.17, 15) is 10.1 Å². The first-order valence-electron chi connectivity index (χ1n) is 12.9. The molecule has 0 unspecified atom stereocenters. The van der Waals surface area contributed by atoms with E-state index in [0.717, 1.165) is 50.4 Å². The van der Waals surface area contributed by atoms with Gasteiger partial charge in [-0.15, -0.1) is 0 Å². The molecule has 6 nitrogen and oxygen atoms in total. The van der Waals surface area contributed by atoms with Crippen molar-refractivity contribution in [3.05, 3.63) is 125 Å². The Morgan fingerprint density at radius 1 is 1.03 bits per heavy atom. The summed E-state index contributed by atoms with van der Waals surface area (Å²) in [5.74, 6) is 0.420. The predicted octanol–water partition coefficient (Wildman–Crippen LogP) is 6.42. The number of hydrogen-bond acceptors (Lipinski definition) is 3. The van der Waals surface area contributed by atoms with Crippen molar-refractivity contribution in [3.8, 4) is 17.5 Å². The number of fused-ring (bicyclic) bond motifs is 1. The molecule has 0 saturated carbocycles. The summed E-state index contributed by atoms with van der Waals surface area (Å²) >= 11 is 0. The van der Waals surface area contributed by atoms with Crippen molar-refractivity contribution in [1.29, 1.82) is 5.26 Å². The van der Waals surface area contributed by atoms with Gasteiger partial charge in [0, 0.05) is 40.7 Å². The molecule has 2 heterocycles. The average molecular weight is 515 g/mol. The molecule has 0 spiro atoms. The van der Waals surface area contributed by atoms with Gasteiger partial charge in [0.25, 0.3) is 5.91 Å². The van der Waals surface area contributed by atoms with Crippen LogP contribution in [0.5, 0.6) is 5.75 Å². The van der Waals surface area contributed by atoms with Crippen molar-refractivity contribution in [2.24, 2.45) is 0 Å². The molecule has 3 aromatic carbocycles. The second kappa shape index (κ2) is 11.6. The van der Waals surface area contributed by atoms with E-state index in [1.807, 2.05) is 98.9 Å². The summed E-state index contributed by atoms with van der Waals surface area (Å²) in [6.07, 6.45) is 4.31. The van der Waals surface area contributed by atoms with Crippen molar-refractivity contribution < 1.29 is 9.53 Å². The van der Waals surface area contributed by atoms with E-state index in [0.29, 0.717) is 19.6 Å². The molecule has 5 aromatic rings. The molecule has 0 bridgehead atoms. The van der Waals surface area contributed by atoms with Crippen molar-refractivity contribution in [2.45, 2.75) is 26.9 Å². The number of ether oxygens (including phenoxy) is 1. The van der Waals surface area contributed by atoms with Gasteiger partial charge in [0.1, 0.15) is 24.0 Å². The van der Waals surface area contributed by atoms with E-state index in [-0.39, 0.29) is 11.5 Å². The van der Waals surface area contributed by atoms with Crippen LogP contribution in [0.25, 0.3) is 22.7 Å². The topological polar surface area (TPSA) is 82.8 Å². The molecular weight excluding hydrogens is 484 g/mol. The molecule has 0 atom stereocenters. The number of nitrogens with zero attached hydrogens (tertiary/aromatic N) is 2. The van der Waals surface area contributed by atoms with Crippen LogP contribution in [-0.2, 0) is 17.8 Å². The fourth-order valence-corrected chi connectivity index (χ4v) is 4.81. The third-order valence-electron chi connectivity index (χ3n) is 6.83. The molecule has 6 heteroatoms. The highest BCUT2D eigenvalue weighted by Gasteiger charge is 2.14. The lowest BCUT2D eigenvalue weighted by molar-refractivity contribution is -0.117. The monoisotopic (exact) mass is 514 g/mol. The Labute approximate surface area is 228 Å². The quantitative estimate of drug-likeness (QED) is 0.176. The van der Waals surface area contributed by atoms with Crippen LogP contribution in [0.1, 0.15) is 28.1 Å². The normalized spacial score (nSPS) is 11.4. The van der Waals surface area contributed by atoms with Crippen molar-refractivity contribution in [2.75, 3.05) is 6.54 Å². The van der Waals surface area contributed by atoms with Crippen LogP contribution in [0.4, 0.5) is 0 Å². The van der Waals surface area contributed by atoms with Crippen LogP contribution in [-0.4, -0.2) is 22.0 Å². The van der Waals surface area contributed by atoms with Crippen LogP contribution in [0, 0.1) is 25.2 Å². The van der Waals surface area contributed by atoms with E-state index < -0.39 is 0 Å². The smallest absolute Gasteiger partial charge is 0.261 e. The standard InChI is InChI=1S/C33H30N4O2/c1-23-18-27(19-28(20-34)33(38)35-17-16-26-21-36-32-11-7-6-10-31(26)32)24(2)37(23)29-12-14-30(15-13-29)39-22-25-8-4-3-5-9-25/h3-15,18-19,21,36H,16-17,22H2,1-2H3,(H,35,38)/b28-19-. The highest BCUT2D eigenvalue weighted by molar-refractivity contribution is 6.01. The lowest BCUT2D eigenvalue weighted by Gasteiger charge is -2.11. The molecule has 0 fully saturated rings. The first kappa shape index (κ1) is 25.6. The highest BCUT2D eigenvalue weighted by atomic mass is 16.5. The SMILES string of the molecule is Cc1cc(/C=C(/C#N)C(=O)NCCc2c[nH]c3ccccc23)c(C)n1-c1ccc(OCc2ccccc2)cc1. The number of aromatic nitrogens is 2. The minimum absolute atomic E-state index is 0.0823. The predicted molar refractivity (Wildman–Crippen MR) is 155 cm³/mol. The van der Waals surface area contributed by atoms with Gasteiger partial charge in [-0.3, -0.25) is 4.79 Å². The van der Waals surface area contributed by atoms with Crippen LogP contribution >= 0.6 is 0 Å². The van der Waals surface area contributed by atoms with Gasteiger partial charge in [-0.25, -0.2) is 0 Å². The number of nitrogens with one attached hydrogen (secondary N) is 2. The third-order valence-corrected chi connectivity index (χ3v) is 6.83. The van der Waals surface area contributed by atoms with E-state index in [1.54, 1.807) is 6.08 Å². The van der Waals surface area contributed by atoms with Gasteiger partial charge in [0.15, 0.2) is 0 Å². The minimum Gasteiger partial charge on any atom is -0.489 e. The summed E-state index contributed by atoms with van der Waals surface area (Å²) in [5.41, 5.74) is 7.18. The summed E-state index contributed by atoms with van der Waals surface area (Å²) in [6, 6.07) is 30.1. The Bertz CT molecular complexity index is 1670. The van der Waals surface area contributed by atoms with Gasteiger partial charge in [-0.1, -0.05) is 48.5 Å². The van der Waals surface area contributed by atoms with Crippen molar-refractivity contribution in [3.63, 3.8) is 0 Å². The van der Waals surface area contributed by atoms with Crippen LogP contribution < -0.4 is 10.1 Å². The Kier molecular flexibility index (Phi) is 7.60. The van der Waals surface area contributed by atoms with E-state index >= 15 is 0 Å². The molecule has 2 aromatic heterocycles. The van der Waals surface area contributed by atoms with Gasteiger partial charge in [0.05, 0.1) is 0 Å². The van der Waals surface area contributed by atoms with E-state index in [1.165, 1.54) is 0 Å². The largest absolute Gasteiger partial charge is 0.489 e. The zero-order valence-corrected chi connectivity index (χ0v) is 22.1. The molecule has 194 valence electrons. The molecule has 0 aliphatic carbocycles. The number of H-pyrrole nitrogens is 1. The number of aromatic amines is 1.